The fourth-order valence-corrected chi connectivity index (χ4v) is 12.9. The molecule has 4 rings (SSSR count). The highest BCUT2D eigenvalue weighted by atomic mass is 32.3. The molecule has 0 N–H and O–H groups in total. The Hall–Kier alpha value is -0.750. The SMILES string of the molecule is CCCCP(CCCC)(CCCC)=Nc1ccccc1S(=O)(=O)N1[C@H]2C=C[C@H](CC2)[S@]1=O. The van der Waals surface area contributed by atoms with Crippen LogP contribution in [-0.2, 0) is 21.0 Å². The van der Waals surface area contributed by atoms with Gasteiger partial charge in [0.05, 0.1) is 17.0 Å². The minimum absolute atomic E-state index is 0.205. The van der Waals surface area contributed by atoms with Gasteiger partial charge < -0.3 is 0 Å². The number of hydrogen-bond acceptors (Lipinski definition) is 4. The third-order valence-corrected chi connectivity index (χ3v) is 14.8. The summed E-state index contributed by atoms with van der Waals surface area (Å²) in [6.07, 6.45) is 15.4. The quantitative estimate of drug-likeness (QED) is 0.239. The molecule has 0 amide bonds. The highest BCUT2D eigenvalue weighted by Crippen LogP contribution is 2.55. The zero-order valence-electron chi connectivity index (χ0n) is 19.8. The zero-order valence-corrected chi connectivity index (χ0v) is 22.3. The van der Waals surface area contributed by atoms with Crippen LogP contribution in [0.25, 0.3) is 0 Å². The van der Waals surface area contributed by atoms with E-state index in [-0.39, 0.29) is 16.2 Å². The highest BCUT2D eigenvalue weighted by Gasteiger charge is 2.44. The highest BCUT2D eigenvalue weighted by molar-refractivity contribution is 8.01. The maximum absolute atomic E-state index is 13.8. The summed E-state index contributed by atoms with van der Waals surface area (Å²) in [6.45, 7) is 6.63. The van der Waals surface area contributed by atoms with Crippen LogP contribution < -0.4 is 0 Å². The van der Waals surface area contributed by atoms with E-state index in [2.05, 4.69) is 20.8 Å². The molecule has 3 aliphatic rings. The fraction of sp³-hybridized carbons (Fsp3) is 0.667. The molecule has 0 radical (unpaired) electrons. The van der Waals surface area contributed by atoms with Crippen LogP contribution in [0.3, 0.4) is 0 Å². The molecule has 1 aliphatic carbocycles. The van der Waals surface area contributed by atoms with Crippen LogP contribution in [0.15, 0.2) is 46.1 Å². The molecule has 3 atom stereocenters. The molecule has 1 aromatic rings. The van der Waals surface area contributed by atoms with Crippen LogP contribution in [-0.4, -0.2) is 46.1 Å². The van der Waals surface area contributed by atoms with Gasteiger partial charge in [-0.25, -0.2) is 12.6 Å². The van der Waals surface area contributed by atoms with E-state index in [1.54, 1.807) is 12.1 Å². The molecular weight excluding hydrogens is 459 g/mol. The first kappa shape index (κ1) is 25.9. The molecule has 0 saturated carbocycles. The van der Waals surface area contributed by atoms with E-state index in [1.807, 2.05) is 24.3 Å². The number of rotatable bonds is 12. The van der Waals surface area contributed by atoms with Crippen molar-refractivity contribution in [2.75, 3.05) is 18.5 Å². The first-order valence-electron chi connectivity index (χ1n) is 12.2. The Bertz CT molecular complexity index is 962. The monoisotopic (exact) mass is 498 g/mol. The van der Waals surface area contributed by atoms with Gasteiger partial charge in [0.15, 0.2) is 0 Å². The van der Waals surface area contributed by atoms with Crippen LogP contribution >= 0.6 is 7.05 Å². The lowest BCUT2D eigenvalue weighted by Crippen LogP contribution is -2.50. The number of hydrogen-bond donors (Lipinski definition) is 0. The summed E-state index contributed by atoms with van der Waals surface area (Å²) in [5, 5.41) is -0.205. The second kappa shape index (κ2) is 11.6. The van der Waals surface area contributed by atoms with Crippen molar-refractivity contribution in [1.82, 2.24) is 3.71 Å². The zero-order chi connectivity index (χ0) is 23.2. The molecule has 5 nitrogen and oxygen atoms in total. The molecule has 8 heteroatoms. The van der Waals surface area contributed by atoms with E-state index in [1.165, 1.54) is 3.71 Å². The summed E-state index contributed by atoms with van der Waals surface area (Å²) in [5.74, 6) is 0. The smallest absolute Gasteiger partial charge is 0.256 e. The Morgan fingerprint density at radius 2 is 1.56 bits per heavy atom. The lowest BCUT2D eigenvalue weighted by Gasteiger charge is -2.38. The average Bonchev–Trinajstić information content (AvgIpc) is 2.80. The Balaban J connectivity index is 2.09. The third kappa shape index (κ3) is 5.65. The van der Waals surface area contributed by atoms with Crippen molar-refractivity contribution < 1.29 is 12.6 Å². The van der Waals surface area contributed by atoms with Gasteiger partial charge in [-0.05, 0) is 69.8 Å². The van der Waals surface area contributed by atoms with Gasteiger partial charge >= 0.3 is 0 Å². The molecule has 2 bridgehead atoms. The predicted octanol–water partition coefficient (Wildman–Crippen LogP) is 6.67. The van der Waals surface area contributed by atoms with Crippen LogP contribution in [0.1, 0.15) is 72.1 Å². The van der Waals surface area contributed by atoms with E-state index in [9.17, 15) is 12.6 Å². The Labute approximate surface area is 197 Å². The molecule has 32 heavy (non-hydrogen) atoms. The number of fused-ring (bicyclic) bond motifs is 2. The third-order valence-electron chi connectivity index (χ3n) is 6.49. The van der Waals surface area contributed by atoms with Crippen LogP contribution in [0.2, 0.25) is 0 Å². The molecule has 180 valence electrons. The summed E-state index contributed by atoms with van der Waals surface area (Å²) >= 11 is 0. The standard InChI is InChI=1S/C24H39N2O3PS2/c1-4-7-18-30(19-8-5-2,20-9-6-3)25-23-12-10-11-13-24(23)32(28,29)26-21-14-16-22(17-15-21)31(26)27/h10-14,16,21-22H,4-9,15,17-20H2,1-3H3/t21-,22+,31+/m0/s1. The molecule has 1 fully saturated rings. The minimum atomic E-state index is -3.90. The summed E-state index contributed by atoms with van der Waals surface area (Å²) < 4.78 is 47.2. The van der Waals surface area contributed by atoms with Crippen molar-refractivity contribution in [3.05, 3.63) is 36.4 Å². The second-order valence-corrected chi connectivity index (χ2v) is 16.3. The van der Waals surface area contributed by atoms with Crippen molar-refractivity contribution in [1.29, 1.82) is 0 Å². The molecule has 0 unspecified atom stereocenters. The van der Waals surface area contributed by atoms with Crippen molar-refractivity contribution in [3.63, 3.8) is 0 Å². The predicted molar refractivity (Wildman–Crippen MR) is 138 cm³/mol. The van der Waals surface area contributed by atoms with Crippen molar-refractivity contribution in [2.45, 2.75) is 88.3 Å². The van der Waals surface area contributed by atoms with Crippen LogP contribution in [0, 0.1) is 0 Å². The number of unbranched alkanes of at least 4 members (excludes halogenated alkanes) is 3. The molecule has 0 spiro atoms. The second-order valence-electron chi connectivity index (χ2n) is 9.00. The van der Waals surface area contributed by atoms with Gasteiger partial charge in [-0.15, -0.1) is 3.71 Å². The molecule has 1 saturated heterocycles. The van der Waals surface area contributed by atoms with E-state index < -0.39 is 28.1 Å². The van der Waals surface area contributed by atoms with Gasteiger partial charge in [-0.2, -0.15) is 0 Å². The van der Waals surface area contributed by atoms with E-state index in [4.69, 9.17) is 4.74 Å². The molecular formula is C24H39N2O3PS2. The number of sulfonamides is 1. The van der Waals surface area contributed by atoms with Crippen LogP contribution in [0.5, 0.6) is 0 Å². The summed E-state index contributed by atoms with van der Waals surface area (Å²) in [4.78, 5) is 0.225. The molecule has 1 aromatic carbocycles. The topological polar surface area (TPSA) is 66.8 Å². The summed E-state index contributed by atoms with van der Waals surface area (Å²) in [7, 11) is -7.14. The molecule has 0 aromatic heterocycles. The van der Waals surface area contributed by atoms with E-state index in [0.29, 0.717) is 5.69 Å². The lowest BCUT2D eigenvalue weighted by molar-refractivity contribution is 0.426. The lowest BCUT2D eigenvalue weighted by atomic mass is 10.0. The normalized spacial score (nSPS) is 23.5. The van der Waals surface area contributed by atoms with Gasteiger partial charge in [-0.3, -0.25) is 4.74 Å². The first-order chi connectivity index (χ1) is 15.4. The van der Waals surface area contributed by atoms with Crippen molar-refractivity contribution >= 4 is 33.8 Å². The summed E-state index contributed by atoms with van der Waals surface area (Å²) in [5.41, 5.74) is 0.576. The maximum Gasteiger partial charge on any atom is 0.256 e. The Kier molecular flexibility index (Phi) is 9.37. The largest absolute Gasteiger partial charge is 0.266 e. The van der Waals surface area contributed by atoms with E-state index >= 15 is 0 Å². The fourth-order valence-electron chi connectivity index (χ4n) is 4.59. The van der Waals surface area contributed by atoms with Gasteiger partial charge in [0.2, 0.25) is 0 Å². The van der Waals surface area contributed by atoms with Gasteiger partial charge in [0.1, 0.15) is 15.9 Å². The number of nitrogens with zero attached hydrogens (tertiary/aromatic N) is 2. The van der Waals surface area contributed by atoms with Gasteiger partial charge in [0.25, 0.3) is 10.0 Å². The number of benzene rings is 1. The first-order valence-corrected chi connectivity index (χ1v) is 17.1. The Morgan fingerprint density at radius 1 is 0.969 bits per heavy atom. The van der Waals surface area contributed by atoms with Crippen molar-refractivity contribution in [2.24, 2.45) is 4.74 Å². The minimum Gasteiger partial charge on any atom is -0.266 e. The molecule has 2 heterocycles. The van der Waals surface area contributed by atoms with E-state index in [0.717, 1.165) is 69.9 Å². The Morgan fingerprint density at radius 3 is 2.06 bits per heavy atom. The summed E-state index contributed by atoms with van der Waals surface area (Å²) in [6, 6.07) is 6.83. The van der Waals surface area contributed by atoms with Gasteiger partial charge in [-0.1, -0.05) is 64.3 Å². The average molecular weight is 499 g/mol. The van der Waals surface area contributed by atoms with Gasteiger partial charge in [0, 0.05) is 0 Å². The van der Waals surface area contributed by atoms with Crippen molar-refractivity contribution in [3.8, 4) is 0 Å². The molecule has 2 aliphatic heterocycles. The maximum atomic E-state index is 13.8. The van der Waals surface area contributed by atoms with Crippen LogP contribution in [0.4, 0.5) is 5.69 Å².